The molecule has 1 atom stereocenters. The Balaban J connectivity index is 2.72. The number of benzene rings is 1. The molecule has 0 saturated heterocycles. The Morgan fingerprint density at radius 1 is 1.37 bits per heavy atom. The predicted molar refractivity (Wildman–Crippen MR) is 99.9 cm³/mol. The quantitative estimate of drug-likeness (QED) is 0.517. The van der Waals surface area contributed by atoms with Crippen molar-refractivity contribution < 1.29 is 18.1 Å². The monoisotopic (exact) mass is 415 g/mol. The molecule has 11 heteroatoms. The van der Waals surface area contributed by atoms with Crippen LogP contribution in [-0.4, -0.2) is 38.9 Å². The summed E-state index contributed by atoms with van der Waals surface area (Å²) in [5.74, 6) is -1.46. The number of carbonyl (C=O) groups excluding carboxylic acids is 1. The Labute approximate surface area is 160 Å². The van der Waals surface area contributed by atoms with E-state index in [4.69, 9.17) is 11.6 Å². The minimum atomic E-state index is -1.52. The molecule has 1 aromatic carbocycles. The lowest BCUT2D eigenvalue weighted by atomic mass is 10.1. The van der Waals surface area contributed by atoms with Gasteiger partial charge in [0, 0.05) is 24.2 Å². The van der Waals surface area contributed by atoms with Crippen LogP contribution in [0.4, 0.5) is 4.39 Å². The van der Waals surface area contributed by atoms with Crippen LogP contribution in [0.5, 0.6) is 0 Å². The molecule has 0 radical (unpaired) electrons. The van der Waals surface area contributed by atoms with E-state index in [1.54, 1.807) is 0 Å². The Bertz CT molecular complexity index is 1050. The summed E-state index contributed by atoms with van der Waals surface area (Å²) in [7, 11) is -0.366. The van der Waals surface area contributed by atoms with Crippen molar-refractivity contribution in [3.8, 4) is 11.1 Å². The van der Waals surface area contributed by atoms with Crippen LogP contribution in [0.15, 0.2) is 38.4 Å². The van der Waals surface area contributed by atoms with Crippen molar-refractivity contribution in [1.82, 2.24) is 9.13 Å². The van der Waals surface area contributed by atoms with E-state index in [1.807, 2.05) is 0 Å². The summed E-state index contributed by atoms with van der Waals surface area (Å²) in [6, 6.07) is 3.89. The van der Waals surface area contributed by atoms with Gasteiger partial charge in [0.05, 0.1) is 24.2 Å². The average Bonchev–Trinajstić information content (AvgIpc) is 2.62. The second kappa shape index (κ2) is 8.87. The fourth-order valence-corrected chi connectivity index (χ4v) is 2.75. The molecule has 0 spiro atoms. The average molecular weight is 416 g/mol. The summed E-state index contributed by atoms with van der Waals surface area (Å²) in [5.41, 5.74) is -1.60. The van der Waals surface area contributed by atoms with E-state index < -0.39 is 40.6 Å². The molecule has 0 aliphatic rings. The fourth-order valence-electron chi connectivity index (χ4n) is 2.25. The number of ether oxygens (including phenoxy) is 1. The first-order chi connectivity index (χ1) is 12.8. The molecule has 8 nitrogen and oxygen atoms in total. The summed E-state index contributed by atoms with van der Waals surface area (Å²) in [6.45, 7) is -0.758. The van der Waals surface area contributed by atoms with E-state index in [2.05, 4.69) is 9.13 Å². The van der Waals surface area contributed by atoms with Gasteiger partial charge in [-0.2, -0.15) is 4.40 Å². The zero-order valence-corrected chi connectivity index (χ0v) is 15.9. The minimum Gasteiger partial charge on any atom is -0.468 e. The molecule has 144 valence electrons. The lowest BCUT2D eigenvalue weighted by Crippen LogP contribution is -2.41. The Morgan fingerprint density at radius 3 is 2.70 bits per heavy atom. The van der Waals surface area contributed by atoms with E-state index in [9.17, 15) is 23.0 Å². The maximum absolute atomic E-state index is 13.8. The molecule has 0 saturated carbocycles. The van der Waals surface area contributed by atoms with Gasteiger partial charge in [-0.3, -0.25) is 18.7 Å². The highest BCUT2D eigenvalue weighted by molar-refractivity contribution is 7.83. The van der Waals surface area contributed by atoms with Gasteiger partial charge in [0.25, 0.3) is 5.56 Å². The number of methoxy groups -OCH3 is 1. The largest absolute Gasteiger partial charge is 0.468 e. The van der Waals surface area contributed by atoms with Gasteiger partial charge in [-0.1, -0.05) is 23.7 Å². The summed E-state index contributed by atoms with van der Waals surface area (Å²) >= 11 is 5.95. The SMILES string of the molecule is COC(=O)Cn1cc(-c2cccc(F)c2Cl)c(=O)n(CC=NS(C)=O)c1=O. The number of rotatable bonds is 6. The van der Waals surface area contributed by atoms with Gasteiger partial charge in [-0.25, -0.2) is 13.4 Å². The molecule has 2 aromatic rings. The molecule has 0 bridgehead atoms. The molecule has 1 aromatic heterocycles. The number of carbonyl (C=O) groups is 1. The first kappa shape index (κ1) is 20.7. The third-order valence-electron chi connectivity index (χ3n) is 3.49. The second-order valence-electron chi connectivity index (χ2n) is 5.26. The number of aromatic nitrogens is 2. The maximum Gasteiger partial charge on any atom is 0.331 e. The van der Waals surface area contributed by atoms with Crippen LogP contribution in [0.25, 0.3) is 11.1 Å². The van der Waals surface area contributed by atoms with Crippen LogP contribution < -0.4 is 11.2 Å². The summed E-state index contributed by atoms with van der Waals surface area (Å²) < 4.78 is 34.7. The van der Waals surface area contributed by atoms with Crippen molar-refractivity contribution in [2.45, 2.75) is 13.1 Å². The van der Waals surface area contributed by atoms with Gasteiger partial charge in [0.15, 0.2) is 0 Å². The molecule has 0 aliphatic carbocycles. The molecular weight excluding hydrogens is 401 g/mol. The third-order valence-corrected chi connectivity index (χ3v) is 4.32. The minimum absolute atomic E-state index is 0.0602. The highest BCUT2D eigenvalue weighted by Gasteiger charge is 2.18. The van der Waals surface area contributed by atoms with Crippen molar-refractivity contribution in [3.05, 3.63) is 56.1 Å². The van der Waals surface area contributed by atoms with Crippen molar-refractivity contribution in [1.29, 1.82) is 0 Å². The zero-order chi connectivity index (χ0) is 20.1. The smallest absolute Gasteiger partial charge is 0.331 e. The fraction of sp³-hybridized carbons (Fsp3) is 0.250. The second-order valence-corrected chi connectivity index (χ2v) is 6.69. The first-order valence-corrected chi connectivity index (χ1v) is 9.37. The molecule has 0 amide bonds. The lowest BCUT2D eigenvalue weighted by molar-refractivity contribution is -0.141. The van der Waals surface area contributed by atoms with Gasteiger partial charge in [0.2, 0.25) is 0 Å². The van der Waals surface area contributed by atoms with Crippen molar-refractivity contribution >= 4 is 34.8 Å². The molecule has 0 aliphatic heterocycles. The Hall–Kier alpha value is -2.59. The lowest BCUT2D eigenvalue weighted by Gasteiger charge is -2.12. The van der Waals surface area contributed by atoms with Crippen LogP contribution in [0.2, 0.25) is 5.02 Å². The van der Waals surface area contributed by atoms with E-state index >= 15 is 0 Å². The topological polar surface area (TPSA) is 99.7 Å². The Kier molecular flexibility index (Phi) is 6.81. The summed E-state index contributed by atoms with van der Waals surface area (Å²) in [6.07, 6.45) is 3.57. The number of hydrogen-bond donors (Lipinski definition) is 0. The summed E-state index contributed by atoms with van der Waals surface area (Å²) in [4.78, 5) is 36.9. The van der Waals surface area contributed by atoms with Crippen LogP contribution >= 0.6 is 11.6 Å². The highest BCUT2D eigenvalue weighted by atomic mass is 35.5. The van der Waals surface area contributed by atoms with Gasteiger partial charge >= 0.3 is 11.7 Å². The number of hydrogen-bond acceptors (Lipinski definition) is 5. The summed E-state index contributed by atoms with van der Waals surface area (Å²) in [5, 5.41) is -0.298. The van der Waals surface area contributed by atoms with E-state index in [1.165, 1.54) is 18.4 Å². The predicted octanol–water partition coefficient (Wildman–Crippen LogP) is 1.01. The maximum atomic E-state index is 13.8. The number of nitrogens with zero attached hydrogens (tertiary/aromatic N) is 3. The van der Waals surface area contributed by atoms with Gasteiger partial charge in [-0.15, -0.1) is 0 Å². The molecule has 0 fully saturated rings. The van der Waals surface area contributed by atoms with Crippen LogP contribution in [-0.2, 0) is 33.6 Å². The Morgan fingerprint density at radius 2 is 2.07 bits per heavy atom. The standard InChI is InChI=1S/C16H15ClFN3O5S/c1-26-13(22)9-20-8-11(10-4-3-5-12(18)14(10)17)15(23)21(16(20)24)7-6-19-27(2)25/h3-6,8H,7,9H2,1-2H3. The molecule has 1 heterocycles. The third kappa shape index (κ3) is 4.77. The van der Waals surface area contributed by atoms with Crippen LogP contribution in [0, 0.1) is 5.82 Å². The molecule has 27 heavy (non-hydrogen) atoms. The van der Waals surface area contributed by atoms with Crippen LogP contribution in [0.1, 0.15) is 0 Å². The molecular formula is C16H15ClFN3O5S. The molecule has 1 unspecified atom stereocenters. The first-order valence-electron chi connectivity index (χ1n) is 7.47. The van der Waals surface area contributed by atoms with E-state index in [-0.39, 0.29) is 22.7 Å². The number of halogens is 2. The van der Waals surface area contributed by atoms with Crippen LogP contribution in [0.3, 0.4) is 0 Å². The van der Waals surface area contributed by atoms with E-state index in [0.717, 1.165) is 34.7 Å². The normalized spacial score (nSPS) is 12.3. The van der Waals surface area contributed by atoms with Gasteiger partial charge in [-0.05, 0) is 6.07 Å². The number of esters is 1. The van der Waals surface area contributed by atoms with Crippen molar-refractivity contribution in [3.63, 3.8) is 0 Å². The molecule has 0 N–H and O–H groups in total. The van der Waals surface area contributed by atoms with Crippen molar-refractivity contribution in [2.75, 3.05) is 13.4 Å². The van der Waals surface area contributed by atoms with Gasteiger partial charge < -0.3 is 4.74 Å². The molecule has 2 rings (SSSR count). The van der Waals surface area contributed by atoms with E-state index in [0.29, 0.717) is 0 Å². The highest BCUT2D eigenvalue weighted by Crippen LogP contribution is 2.27. The zero-order valence-electron chi connectivity index (χ0n) is 14.3. The van der Waals surface area contributed by atoms with Crippen molar-refractivity contribution in [2.24, 2.45) is 4.40 Å². The van der Waals surface area contributed by atoms with Gasteiger partial charge in [0.1, 0.15) is 23.3 Å².